The van der Waals surface area contributed by atoms with Gasteiger partial charge in [0.15, 0.2) is 17.0 Å². The molecular formula is C17H17Cl2N5O2. The Bertz CT molecular complexity index is 940. The number of fused-ring (bicyclic) bond motifs is 1. The van der Waals surface area contributed by atoms with Crippen LogP contribution in [-0.4, -0.2) is 33.2 Å². The summed E-state index contributed by atoms with van der Waals surface area (Å²) in [4.78, 5) is 13.1. The zero-order valence-electron chi connectivity index (χ0n) is 14.1. The number of methoxy groups -OCH3 is 1. The van der Waals surface area contributed by atoms with Gasteiger partial charge in [-0.25, -0.2) is 4.98 Å². The first-order valence-corrected chi connectivity index (χ1v) is 9.03. The van der Waals surface area contributed by atoms with Crippen LogP contribution in [0.1, 0.15) is 25.5 Å². The van der Waals surface area contributed by atoms with Gasteiger partial charge in [0, 0.05) is 12.7 Å². The van der Waals surface area contributed by atoms with Gasteiger partial charge in [-0.05, 0) is 43.0 Å². The fourth-order valence-corrected chi connectivity index (χ4v) is 3.37. The Morgan fingerprint density at radius 1 is 1.27 bits per heavy atom. The van der Waals surface area contributed by atoms with E-state index in [0.717, 1.165) is 25.9 Å². The van der Waals surface area contributed by atoms with Gasteiger partial charge in [-0.2, -0.15) is 9.97 Å². The lowest BCUT2D eigenvalue weighted by molar-refractivity contribution is -0.0298. The summed E-state index contributed by atoms with van der Waals surface area (Å²) < 4.78 is 12.9. The minimum Gasteiger partial charge on any atom is -0.497 e. The van der Waals surface area contributed by atoms with Gasteiger partial charge < -0.3 is 14.8 Å². The fraction of sp³-hybridized carbons (Fsp3) is 0.353. The maximum Gasteiger partial charge on any atom is 0.226 e. The van der Waals surface area contributed by atoms with E-state index in [-0.39, 0.29) is 11.5 Å². The molecule has 3 aromatic rings. The summed E-state index contributed by atoms with van der Waals surface area (Å²) >= 11 is 12.5. The summed E-state index contributed by atoms with van der Waals surface area (Å²) in [6.45, 7) is 0.732. The minimum atomic E-state index is -0.0860. The highest BCUT2D eigenvalue weighted by Gasteiger charge is 2.21. The summed E-state index contributed by atoms with van der Waals surface area (Å²) in [5.41, 5.74) is 1.91. The van der Waals surface area contributed by atoms with Gasteiger partial charge in [-0.1, -0.05) is 11.6 Å². The lowest BCUT2D eigenvalue weighted by atomic mass is 10.2. The largest absolute Gasteiger partial charge is 0.497 e. The van der Waals surface area contributed by atoms with Gasteiger partial charge in [0.2, 0.25) is 5.28 Å². The van der Waals surface area contributed by atoms with Gasteiger partial charge in [0.1, 0.15) is 12.0 Å². The molecule has 7 nitrogen and oxygen atoms in total. The predicted octanol–water partition coefficient (Wildman–Crippen LogP) is 4.58. The van der Waals surface area contributed by atoms with Crippen LogP contribution < -0.4 is 10.1 Å². The Morgan fingerprint density at radius 2 is 2.15 bits per heavy atom. The van der Waals surface area contributed by atoms with Crippen LogP contribution in [0, 0.1) is 0 Å². The van der Waals surface area contributed by atoms with E-state index in [2.05, 4.69) is 20.3 Å². The Morgan fingerprint density at radius 3 is 2.88 bits per heavy atom. The first-order valence-electron chi connectivity index (χ1n) is 8.28. The van der Waals surface area contributed by atoms with Gasteiger partial charge in [0.05, 0.1) is 24.1 Å². The number of hydrogen-bond acceptors (Lipinski definition) is 6. The molecular weight excluding hydrogens is 377 g/mol. The van der Waals surface area contributed by atoms with E-state index in [9.17, 15) is 0 Å². The second kappa shape index (κ2) is 7.26. The summed E-state index contributed by atoms with van der Waals surface area (Å²) in [6, 6.07) is 5.34. The van der Waals surface area contributed by atoms with E-state index < -0.39 is 0 Å². The zero-order valence-corrected chi connectivity index (χ0v) is 15.6. The molecule has 1 unspecified atom stereocenters. The van der Waals surface area contributed by atoms with Crippen molar-refractivity contribution in [2.24, 2.45) is 0 Å². The van der Waals surface area contributed by atoms with E-state index >= 15 is 0 Å². The van der Waals surface area contributed by atoms with Crippen molar-refractivity contribution in [1.29, 1.82) is 0 Å². The van der Waals surface area contributed by atoms with Crippen molar-refractivity contribution >= 4 is 45.9 Å². The number of benzene rings is 1. The molecule has 0 radical (unpaired) electrons. The maximum atomic E-state index is 6.31. The van der Waals surface area contributed by atoms with Crippen LogP contribution in [0.5, 0.6) is 5.75 Å². The van der Waals surface area contributed by atoms with Gasteiger partial charge >= 0.3 is 0 Å². The second-order valence-electron chi connectivity index (χ2n) is 5.96. The lowest BCUT2D eigenvalue weighted by Crippen LogP contribution is -2.17. The molecule has 9 heteroatoms. The van der Waals surface area contributed by atoms with Crippen LogP contribution in [0.2, 0.25) is 10.3 Å². The van der Waals surface area contributed by atoms with Crippen LogP contribution in [-0.2, 0) is 4.74 Å². The third kappa shape index (κ3) is 3.30. The monoisotopic (exact) mass is 393 g/mol. The minimum absolute atomic E-state index is 0.0860. The summed E-state index contributed by atoms with van der Waals surface area (Å²) in [6.07, 6.45) is 4.72. The number of anilines is 2. The molecule has 1 saturated heterocycles. The molecule has 0 bridgehead atoms. The zero-order chi connectivity index (χ0) is 18.1. The van der Waals surface area contributed by atoms with E-state index in [0.29, 0.717) is 33.4 Å². The molecule has 0 amide bonds. The predicted molar refractivity (Wildman–Crippen MR) is 100 cm³/mol. The Labute approximate surface area is 160 Å². The second-order valence-corrected chi connectivity index (χ2v) is 6.70. The molecule has 0 saturated carbocycles. The molecule has 2 aromatic heterocycles. The van der Waals surface area contributed by atoms with Gasteiger partial charge in [-0.3, -0.25) is 4.57 Å². The number of ether oxygens (including phenoxy) is 2. The summed E-state index contributed by atoms with van der Waals surface area (Å²) in [5, 5.41) is 3.81. The maximum absolute atomic E-state index is 6.31. The molecule has 1 aromatic carbocycles. The molecule has 0 spiro atoms. The van der Waals surface area contributed by atoms with Crippen LogP contribution >= 0.6 is 23.2 Å². The first kappa shape index (κ1) is 17.3. The highest BCUT2D eigenvalue weighted by Crippen LogP contribution is 2.33. The van der Waals surface area contributed by atoms with Crippen molar-refractivity contribution in [2.45, 2.75) is 25.5 Å². The van der Waals surface area contributed by atoms with Crippen molar-refractivity contribution in [1.82, 2.24) is 19.5 Å². The van der Waals surface area contributed by atoms with Crippen LogP contribution in [0.3, 0.4) is 0 Å². The average Bonchev–Trinajstić information content (AvgIpc) is 3.08. The van der Waals surface area contributed by atoms with E-state index in [1.807, 2.05) is 16.7 Å². The quantitative estimate of drug-likeness (QED) is 0.653. The van der Waals surface area contributed by atoms with Gasteiger partial charge in [0.25, 0.3) is 0 Å². The standard InChI is InChI=1S/C17H17Cl2N5O2/c1-25-10-5-6-12(11(18)8-10)21-15-14-16(23-17(19)22-15)24(9-20-14)13-4-2-3-7-26-13/h5-6,8-9,13H,2-4,7H2,1H3,(H,21,22,23). The number of aromatic nitrogens is 4. The van der Waals surface area contributed by atoms with E-state index in [1.54, 1.807) is 19.5 Å². The number of hydrogen-bond donors (Lipinski definition) is 1. The Kier molecular flexibility index (Phi) is 4.84. The molecule has 4 rings (SSSR count). The topological polar surface area (TPSA) is 74.1 Å². The number of imidazole rings is 1. The SMILES string of the molecule is COc1ccc(Nc2nc(Cl)nc3c2ncn3C2CCCCO2)c(Cl)c1. The number of halogens is 2. The molecule has 1 aliphatic rings. The normalized spacial score (nSPS) is 17.4. The number of nitrogens with one attached hydrogen (secondary N) is 1. The number of rotatable bonds is 4. The van der Waals surface area contributed by atoms with Crippen molar-refractivity contribution < 1.29 is 9.47 Å². The molecule has 26 heavy (non-hydrogen) atoms. The van der Waals surface area contributed by atoms with Crippen LogP contribution in [0.15, 0.2) is 24.5 Å². The third-order valence-electron chi connectivity index (χ3n) is 4.29. The highest BCUT2D eigenvalue weighted by atomic mass is 35.5. The Hall–Kier alpha value is -2.09. The molecule has 136 valence electrons. The first-order chi connectivity index (χ1) is 12.7. The number of nitrogens with zero attached hydrogens (tertiary/aromatic N) is 4. The third-order valence-corrected chi connectivity index (χ3v) is 4.77. The molecule has 0 aliphatic carbocycles. The highest BCUT2D eigenvalue weighted by molar-refractivity contribution is 6.33. The van der Waals surface area contributed by atoms with Crippen LogP contribution in [0.4, 0.5) is 11.5 Å². The molecule has 1 N–H and O–H groups in total. The molecule has 1 atom stereocenters. The summed E-state index contributed by atoms with van der Waals surface area (Å²) in [7, 11) is 1.59. The van der Waals surface area contributed by atoms with Crippen molar-refractivity contribution in [3.63, 3.8) is 0 Å². The fourth-order valence-electron chi connectivity index (χ4n) is 2.98. The molecule has 1 aliphatic heterocycles. The molecule has 1 fully saturated rings. The van der Waals surface area contributed by atoms with Crippen molar-refractivity contribution in [3.8, 4) is 5.75 Å². The summed E-state index contributed by atoms with van der Waals surface area (Å²) in [5.74, 6) is 1.16. The van der Waals surface area contributed by atoms with E-state index in [4.69, 9.17) is 32.7 Å². The smallest absolute Gasteiger partial charge is 0.226 e. The van der Waals surface area contributed by atoms with Crippen molar-refractivity contribution in [3.05, 3.63) is 34.8 Å². The molecule has 3 heterocycles. The van der Waals surface area contributed by atoms with Gasteiger partial charge in [-0.15, -0.1) is 0 Å². The van der Waals surface area contributed by atoms with E-state index in [1.165, 1.54) is 0 Å². The lowest BCUT2D eigenvalue weighted by Gasteiger charge is -2.23. The average molecular weight is 394 g/mol. The van der Waals surface area contributed by atoms with Crippen LogP contribution in [0.25, 0.3) is 11.2 Å². The van der Waals surface area contributed by atoms with Crippen molar-refractivity contribution in [2.75, 3.05) is 19.0 Å². The Balaban J connectivity index is 1.72.